The molecule has 5 heteroatoms. The zero-order chi connectivity index (χ0) is 16.2. The Morgan fingerprint density at radius 2 is 2.09 bits per heavy atom. The highest BCUT2D eigenvalue weighted by molar-refractivity contribution is 5.75. The lowest BCUT2D eigenvalue weighted by Crippen LogP contribution is -2.45. The second-order valence-corrected chi connectivity index (χ2v) is 6.31. The molecule has 0 saturated carbocycles. The fourth-order valence-electron chi connectivity index (χ4n) is 2.73. The predicted molar refractivity (Wildman–Crippen MR) is 82.3 cm³/mol. The van der Waals surface area contributed by atoms with Crippen LogP contribution < -0.4 is 5.32 Å². The summed E-state index contributed by atoms with van der Waals surface area (Å²) in [5, 5.41) is 12.6. The van der Waals surface area contributed by atoms with Crippen LogP contribution in [0.1, 0.15) is 43.7 Å². The Kier molecular flexibility index (Phi) is 5.53. The quantitative estimate of drug-likeness (QED) is 0.848. The Hall–Kier alpha value is -1.46. The minimum Gasteiger partial charge on any atom is -0.481 e. The van der Waals surface area contributed by atoms with E-state index in [1.165, 1.54) is 0 Å². The van der Waals surface area contributed by atoms with Gasteiger partial charge in [-0.3, -0.25) is 4.79 Å². The molecule has 2 N–H and O–H groups in total. The molecule has 1 aromatic carbocycles. The molecule has 1 aliphatic rings. The first-order chi connectivity index (χ1) is 10.4. The summed E-state index contributed by atoms with van der Waals surface area (Å²) < 4.78 is 19.3. The molecule has 1 saturated heterocycles. The van der Waals surface area contributed by atoms with Crippen LogP contribution in [-0.4, -0.2) is 30.8 Å². The molecule has 0 aromatic heterocycles. The summed E-state index contributed by atoms with van der Waals surface area (Å²) in [5.74, 6) is -0.761. The number of carboxylic acid groups (broad SMARTS) is 1. The molecule has 0 radical (unpaired) electrons. The van der Waals surface area contributed by atoms with Gasteiger partial charge < -0.3 is 15.2 Å². The molecule has 0 aliphatic carbocycles. The van der Waals surface area contributed by atoms with Gasteiger partial charge in [-0.1, -0.05) is 26.0 Å². The van der Waals surface area contributed by atoms with Crippen molar-refractivity contribution in [2.24, 2.45) is 5.41 Å². The molecule has 4 nitrogen and oxygen atoms in total. The highest BCUT2D eigenvalue weighted by Gasteiger charge is 2.39. The molecule has 1 aliphatic heterocycles. The number of ether oxygens (including phenoxy) is 1. The third-order valence-electron chi connectivity index (χ3n) is 4.43. The molecule has 22 heavy (non-hydrogen) atoms. The fraction of sp³-hybridized carbons (Fsp3) is 0.588. The Morgan fingerprint density at radius 1 is 1.41 bits per heavy atom. The van der Waals surface area contributed by atoms with Crippen LogP contribution in [0.15, 0.2) is 18.2 Å². The molecule has 0 amide bonds. The molecule has 0 bridgehead atoms. The minimum absolute atomic E-state index is 0.241. The normalized spacial score (nSPS) is 17.6. The van der Waals surface area contributed by atoms with E-state index in [-0.39, 0.29) is 11.7 Å². The van der Waals surface area contributed by atoms with Gasteiger partial charge in [-0.2, -0.15) is 0 Å². The monoisotopic (exact) mass is 309 g/mol. The van der Waals surface area contributed by atoms with E-state index in [1.54, 1.807) is 12.1 Å². The molecular formula is C17H24FNO3. The van der Waals surface area contributed by atoms with Gasteiger partial charge in [0, 0.05) is 31.9 Å². The van der Waals surface area contributed by atoms with E-state index in [0.29, 0.717) is 44.7 Å². The summed E-state index contributed by atoms with van der Waals surface area (Å²) in [5.41, 5.74) is 0.733. The average molecular weight is 309 g/mol. The summed E-state index contributed by atoms with van der Waals surface area (Å²) in [7, 11) is 0. The van der Waals surface area contributed by atoms with E-state index < -0.39 is 11.4 Å². The molecule has 0 unspecified atom stereocenters. The van der Waals surface area contributed by atoms with E-state index in [1.807, 2.05) is 19.9 Å². The molecule has 1 heterocycles. The average Bonchev–Trinajstić information content (AvgIpc) is 2.49. The van der Waals surface area contributed by atoms with Crippen LogP contribution in [0.4, 0.5) is 4.39 Å². The molecule has 2 rings (SSSR count). The number of benzene rings is 1. The van der Waals surface area contributed by atoms with Crippen molar-refractivity contribution >= 4 is 5.97 Å². The molecule has 1 aromatic rings. The lowest BCUT2D eigenvalue weighted by molar-refractivity contribution is -0.154. The van der Waals surface area contributed by atoms with Gasteiger partial charge >= 0.3 is 5.97 Å². The first kappa shape index (κ1) is 16.9. The van der Waals surface area contributed by atoms with Crippen LogP contribution in [0.3, 0.4) is 0 Å². The highest BCUT2D eigenvalue weighted by Crippen LogP contribution is 2.30. The Labute approximate surface area is 130 Å². The number of aliphatic carboxylic acids is 1. The van der Waals surface area contributed by atoms with Gasteiger partial charge in [0.1, 0.15) is 5.82 Å². The second-order valence-electron chi connectivity index (χ2n) is 6.31. The van der Waals surface area contributed by atoms with Gasteiger partial charge in [0.2, 0.25) is 0 Å². The maximum Gasteiger partial charge on any atom is 0.311 e. The van der Waals surface area contributed by atoms with E-state index in [0.717, 1.165) is 5.56 Å². The van der Waals surface area contributed by atoms with Gasteiger partial charge in [0.15, 0.2) is 0 Å². The summed E-state index contributed by atoms with van der Waals surface area (Å²) in [6, 6.07) is 5.25. The molecule has 1 fully saturated rings. The zero-order valence-corrected chi connectivity index (χ0v) is 13.2. The van der Waals surface area contributed by atoms with Gasteiger partial charge in [-0.25, -0.2) is 4.39 Å². The summed E-state index contributed by atoms with van der Waals surface area (Å²) >= 11 is 0. The van der Waals surface area contributed by atoms with E-state index in [2.05, 4.69) is 5.32 Å². The van der Waals surface area contributed by atoms with Crippen LogP contribution in [0, 0.1) is 11.2 Å². The SMILES string of the molecule is CC(C)c1ccc(CNCC2(C(=O)O)CCOCC2)c(F)c1. The van der Waals surface area contributed by atoms with Crippen LogP contribution in [0.5, 0.6) is 0 Å². The third-order valence-corrected chi connectivity index (χ3v) is 4.43. The third kappa shape index (κ3) is 3.84. The number of carbonyl (C=O) groups is 1. The number of hydrogen-bond donors (Lipinski definition) is 2. The van der Waals surface area contributed by atoms with Gasteiger partial charge in [0.05, 0.1) is 5.41 Å². The van der Waals surface area contributed by atoms with Crippen molar-refractivity contribution in [1.29, 1.82) is 0 Å². The molecule has 122 valence electrons. The van der Waals surface area contributed by atoms with Crippen LogP contribution >= 0.6 is 0 Å². The van der Waals surface area contributed by atoms with Crippen molar-refractivity contribution < 1.29 is 19.0 Å². The number of nitrogens with one attached hydrogen (secondary N) is 1. The molecule has 0 atom stereocenters. The van der Waals surface area contributed by atoms with Crippen molar-refractivity contribution in [3.8, 4) is 0 Å². The summed E-state index contributed by atoms with van der Waals surface area (Å²) in [6.45, 7) is 5.64. The van der Waals surface area contributed by atoms with E-state index in [4.69, 9.17) is 4.74 Å². The summed E-state index contributed by atoms with van der Waals surface area (Å²) in [6.07, 6.45) is 0.980. The second kappa shape index (κ2) is 7.20. The van der Waals surface area contributed by atoms with Crippen molar-refractivity contribution in [2.45, 2.75) is 39.2 Å². The Balaban J connectivity index is 1.96. The van der Waals surface area contributed by atoms with E-state index in [9.17, 15) is 14.3 Å². The number of hydrogen-bond acceptors (Lipinski definition) is 3. The van der Waals surface area contributed by atoms with Crippen molar-refractivity contribution in [2.75, 3.05) is 19.8 Å². The largest absolute Gasteiger partial charge is 0.481 e. The standard InChI is InChI=1S/C17H24FNO3/c1-12(2)13-3-4-14(15(18)9-13)10-19-11-17(16(20)21)5-7-22-8-6-17/h3-4,9,12,19H,5-8,10-11H2,1-2H3,(H,20,21). The van der Waals surface area contributed by atoms with Gasteiger partial charge in [0.25, 0.3) is 0 Å². The Morgan fingerprint density at radius 3 is 2.64 bits per heavy atom. The number of carboxylic acids is 1. The van der Waals surface area contributed by atoms with Gasteiger partial charge in [-0.05, 0) is 30.4 Å². The smallest absolute Gasteiger partial charge is 0.311 e. The highest BCUT2D eigenvalue weighted by atomic mass is 19.1. The lowest BCUT2D eigenvalue weighted by Gasteiger charge is -2.33. The van der Waals surface area contributed by atoms with E-state index >= 15 is 0 Å². The van der Waals surface area contributed by atoms with Crippen LogP contribution in [-0.2, 0) is 16.1 Å². The van der Waals surface area contributed by atoms with Crippen molar-refractivity contribution in [3.05, 3.63) is 35.1 Å². The van der Waals surface area contributed by atoms with Crippen molar-refractivity contribution in [1.82, 2.24) is 5.32 Å². The first-order valence-corrected chi connectivity index (χ1v) is 7.75. The first-order valence-electron chi connectivity index (χ1n) is 7.75. The lowest BCUT2D eigenvalue weighted by atomic mass is 9.80. The number of halogens is 1. The fourth-order valence-corrected chi connectivity index (χ4v) is 2.73. The zero-order valence-electron chi connectivity index (χ0n) is 13.2. The predicted octanol–water partition coefficient (Wildman–Crippen LogP) is 2.92. The van der Waals surface area contributed by atoms with Crippen LogP contribution in [0.2, 0.25) is 0 Å². The molecule has 0 spiro atoms. The Bertz CT molecular complexity index is 525. The van der Waals surface area contributed by atoms with Crippen LogP contribution in [0.25, 0.3) is 0 Å². The maximum absolute atomic E-state index is 14.1. The summed E-state index contributed by atoms with van der Waals surface area (Å²) in [4.78, 5) is 11.5. The number of rotatable bonds is 6. The minimum atomic E-state index is -0.807. The topological polar surface area (TPSA) is 58.6 Å². The van der Waals surface area contributed by atoms with Gasteiger partial charge in [-0.15, -0.1) is 0 Å². The molecular weight excluding hydrogens is 285 g/mol. The van der Waals surface area contributed by atoms with Crippen molar-refractivity contribution in [3.63, 3.8) is 0 Å². The maximum atomic E-state index is 14.1.